The highest BCUT2D eigenvalue weighted by Gasteiger charge is 2.47. The maximum absolute atomic E-state index is 10.1. The van der Waals surface area contributed by atoms with Crippen molar-refractivity contribution < 1.29 is 9.84 Å². The van der Waals surface area contributed by atoms with Crippen molar-refractivity contribution in [1.82, 2.24) is 0 Å². The van der Waals surface area contributed by atoms with Crippen LogP contribution in [-0.2, 0) is 4.74 Å². The fraction of sp³-hybridized carbons (Fsp3) is 1.00. The number of ether oxygens (including phenoxy) is 1. The standard InChI is InChI=1S/C9H19NO2/c1-3-8(2,11)9(6-10)4-5-12-7-9/h11H,3-7,10H2,1-2H3. The van der Waals surface area contributed by atoms with Crippen LogP contribution in [-0.4, -0.2) is 30.5 Å². The van der Waals surface area contributed by atoms with Crippen LogP contribution in [0.5, 0.6) is 0 Å². The van der Waals surface area contributed by atoms with E-state index in [1.165, 1.54) is 0 Å². The van der Waals surface area contributed by atoms with Crippen LogP contribution in [0.4, 0.5) is 0 Å². The second-order valence-electron chi connectivity index (χ2n) is 3.91. The van der Waals surface area contributed by atoms with Gasteiger partial charge in [-0.05, 0) is 19.8 Å². The third-order valence-electron chi connectivity index (χ3n) is 3.32. The zero-order valence-electron chi connectivity index (χ0n) is 7.97. The highest BCUT2D eigenvalue weighted by molar-refractivity contribution is 4.98. The smallest absolute Gasteiger partial charge is 0.0708 e. The van der Waals surface area contributed by atoms with Crippen molar-refractivity contribution in [1.29, 1.82) is 0 Å². The molecule has 3 heteroatoms. The number of nitrogens with two attached hydrogens (primary N) is 1. The fourth-order valence-electron chi connectivity index (χ4n) is 1.79. The van der Waals surface area contributed by atoms with Crippen molar-refractivity contribution in [3.63, 3.8) is 0 Å². The van der Waals surface area contributed by atoms with Gasteiger partial charge in [0.15, 0.2) is 0 Å². The Balaban J connectivity index is 2.78. The highest BCUT2D eigenvalue weighted by Crippen LogP contribution is 2.40. The van der Waals surface area contributed by atoms with Gasteiger partial charge in [0.05, 0.1) is 12.2 Å². The molecule has 0 aromatic carbocycles. The van der Waals surface area contributed by atoms with Gasteiger partial charge in [-0.25, -0.2) is 0 Å². The van der Waals surface area contributed by atoms with E-state index in [2.05, 4.69) is 0 Å². The molecular weight excluding hydrogens is 154 g/mol. The summed E-state index contributed by atoms with van der Waals surface area (Å²) < 4.78 is 5.30. The van der Waals surface area contributed by atoms with Crippen molar-refractivity contribution in [3.8, 4) is 0 Å². The molecule has 1 aliphatic heterocycles. The summed E-state index contributed by atoms with van der Waals surface area (Å²) in [5.41, 5.74) is 4.80. The van der Waals surface area contributed by atoms with E-state index < -0.39 is 5.60 Å². The molecule has 12 heavy (non-hydrogen) atoms. The highest BCUT2D eigenvalue weighted by atomic mass is 16.5. The average molecular weight is 173 g/mol. The van der Waals surface area contributed by atoms with Gasteiger partial charge in [0, 0.05) is 18.6 Å². The fourth-order valence-corrected chi connectivity index (χ4v) is 1.79. The molecular formula is C9H19NO2. The Hall–Kier alpha value is -0.120. The molecule has 3 N–H and O–H groups in total. The molecule has 0 aromatic rings. The molecule has 0 spiro atoms. The number of hydrogen-bond donors (Lipinski definition) is 2. The lowest BCUT2D eigenvalue weighted by molar-refractivity contribution is -0.0710. The van der Waals surface area contributed by atoms with E-state index >= 15 is 0 Å². The number of aliphatic hydroxyl groups is 1. The first-order valence-corrected chi connectivity index (χ1v) is 4.58. The average Bonchev–Trinajstić information content (AvgIpc) is 2.53. The first kappa shape index (κ1) is 9.96. The van der Waals surface area contributed by atoms with Gasteiger partial charge in [0.2, 0.25) is 0 Å². The van der Waals surface area contributed by atoms with Gasteiger partial charge in [0.25, 0.3) is 0 Å². The molecule has 0 saturated carbocycles. The zero-order chi connectivity index (χ0) is 9.24. The van der Waals surface area contributed by atoms with E-state index in [-0.39, 0.29) is 5.41 Å². The lowest BCUT2D eigenvalue weighted by atomic mass is 9.71. The van der Waals surface area contributed by atoms with E-state index in [0.29, 0.717) is 13.2 Å². The second-order valence-corrected chi connectivity index (χ2v) is 3.91. The topological polar surface area (TPSA) is 55.5 Å². The summed E-state index contributed by atoms with van der Waals surface area (Å²) in [5.74, 6) is 0. The van der Waals surface area contributed by atoms with Gasteiger partial charge < -0.3 is 15.6 Å². The van der Waals surface area contributed by atoms with Gasteiger partial charge in [-0.3, -0.25) is 0 Å². The molecule has 72 valence electrons. The van der Waals surface area contributed by atoms with Crippen LogP contribution in [0.3, 0.4) is 0 Å². The molecule has 1 aliphatic rings. The molecule has 2 unspecified atom stereocenters. The Labute approximate surface area is 73.9 Å². The van der Waals surface area contributed by atoms with Crippen molar-refractivity contribution >= 4 is 0 Å². The van der Waals surface area contributed by atoms with Gasteiger partial charge >= 0.3 is 0 Å². The maximum Gasteiger partial charge on any atom is 0.0708 e. The Morgan fingerprint density at radius 3 is 2.67 bits per heavy atom. The van der Waals surface area contributed by atoms with E-state index in [0.717, 1.165) is 19.4 Å². The molecule has 1 rings (SSSR count). The van der Waals surface area contributed by atoms with Crippen molar-refractivity contribution in [2.75, 3.05) is 19.8 Å². The van der Waals surface area contributed by atoms with Crippen LogP contribution in [0.25, 0.3) is 0 Å². The maximum atomic E-state index is 10.1. The van der Waals surface area contributed by atoms with Gasteiger partial charge in [-0.1, -0.05) is 6.92 Å². The summed E-state index contributed by atoms with van der Waals surface area (Å²) in [6.45, 7) is 5.68. The van der Waals surface area contributed by atoms with Gasteiger partial charge in [0.1, 0.15) is 0 Å². The van der Waals surface area contributed by atoms with Crippen molar-refractivity contribution in [2.24, 2.45) is 11.1 Å². The molecule has 0 radical (unpaired) electrons. The van der Waals surface area contributed by atoms with Crippen LogP contribution in [0.15, 0.2) is 0 Å². The van der Waals surface area contributed by atoms with E-state index in [4.69, 9.17) is 10.5 Å². The van der Waals surface area contributed by atoms with Crippen LogP contribution in [0.1, 0.15) is 26.7 Å². The first-order chi connectivity index (χ1) is 5.58. The second kappa shape index (κ2) is 3.32. The van der Waals surface area contributed by atoms with E-state index in [1.807, 2.05) is 13.8 Å². The normalized spacial score (nSPS) is 35.0. The minimum absolute atomic E-state index is 0.207. The van der Waals surface area contributed by atoms with Crippen LogP contribution < -0.4 is 5.73 Å². The number of hydrogen-bond acceptors (Lipinski definition) is 3. The summed E-state index contributed by atoms with van der Waals surface area (Å²) in [6, 6.07) is 0. The summed E-state index contributed by atoms with van der Waals surface area (Å²) in [6.07, 6.45) is 1.61. The van der Waals surface area contributed by atoms with Crippen molar-refractivity contribution in [2.45, 2.75) is 32.3 Å². The van der Waals surface area contributed by atoms with E-state index in [1.54, 1.807) is 0 Å². The minimum Gasteiger partial charge on any atom is -0.389 e. The number of rotatable bonds is 3. The third-order valence-corrected chi connectivity index (χ3v) is 3.32. The van der Waals surface area contributed by atoms with Gasteiger partial charge in [-0.2, -0.15) is 0 Å². The minimum atomic E-state index is -0.682. The third kappa shape index (κ3) is 1.37. The summed E-state index contributed by atoms with van der Waals surface area (Å²) in [4.78, 5) is 0. The molecule has 2 atom stereocenters. The predicted octanol–water partition coefficient (Wildman–Crippen LogP) is 0.513. The van der Waals surface area contributed by atoms with Crippen molar-refractivity contribution in [3.05, 3.63) is 0 Å². The predicted molar refractivity (Wildman–Crippen MR) is 47.8 cm³/mol. The first-order valence-electron chi connectivity index (χ1n) is 4.58. The monoisotopic (exact) mass is 173 g/mol. The molecule has 1 fully saturated rings. The summed E-state index contributed by atoms with van der Waals surface area (Å²) in [5, 5.41) is 10.1. The molecule has 1 heterocycles. The van der Waals surface area contributed by atoms with Crippen LogP contribution >= 0.6 is 0 Å². The van der Waals surface area contributed by atoms with Crippen LogP contribution in [0.2, 0.25) is 0 Å². The summed E-state index contributed by atoms with van der Waals surface area (Å²) >= 11 is 0. The molecule has 0 aliphatic carbocycles. The van der Waals surface area contributed by atoms with Gasteiger partial charge in [-0.15, -0.1) is 0 Å². The molecule has 0 aromatic heterocycles. The van der Waals surface area contributed by atoms with E-state index in [9.17, 15) is 5.11 Å². The zero-order valence-corrected chi connectivity index (χ0v) is 7.97. The summed E-state index contributed by atoms with van der Waals surface area (Å²) in [7, 11) is 0. The Bertz CT molecular complexity index is 151. The lowest BCUT2D eigenvalue weighted by Gasteiger charge is -2.40. The lowest BCUT2D eigenvalue weighted by Crippen LogP contribution is -2.50. The largest absolute Gasteiger partial charge is 0.389 e. The molecule has 3 nitrogen and oxygen atoms in total. The Morgan fingerprint density at radius 2 is 2.33 bits per heavy atom. The Kier molecular flexibility index (Phi) is 2.76. The molecule has 0 amide bonds. The molecule has 0 bridgehead atoms. The quantitative estimate of drug-likeness (QED) is 0.654. The molecule has 1 saturated heterocycles. The van der Waals surface area contributed by atoms with Crippen LogP contribution in [0, 0.1) is 5.41 Å². The Morgan fingerprint density at radius 1 is 1.67 bits per heavy atom. The SMILES string of the molecule is CCC(C)(O)C1(CN)CCOC1.